The van der Waals surface area contributed by atoms with Crippen LogP contribution in [0.5, 0.6) is 0 Å². The highest BCUT2D eigenvalue weighted by Gasteiger charge is 2.20. The molecule has 0 radical (unpaired) electrons. The first-order chi connectivity index (χ1) is 34.2. The Balaban J connectivity index is 0.919. The zero-order valence-electron chi connectivity index (χ0n) is 37.7. The van der Waals surface area contributed by atoms with E-state index in [-0.39, 0.29) is 0 Å². The monoisotopic (exact) mass is 880 g/mol. The zero-order valence-corrected chi connectivity index (χ0v) is 37.7. The molecule has 69 heavy (non-hydrogen) atoms. The number of para-hydroxylation sites is 4. The lowest BCUT2D eigenvalue weighted by atomic mass is 9.93. The average molecular weight is 881 g/mol. The Morgan fingerprint density at radius 3 is 1.33 bits per heavy atom. The highest BCUT2D eigenvalue weighted by atomic mass is 16.3. The van der Waals surface area contributed by atoms with Crippen LogP contribution in [0.25, 0.3) is 105 Å². The SMILES string of the molecule is c1ccc(-c2ccc(N(c3ccc(-c4ccccc4-c4cccc5c4oc4ccccc45)cc3)c3ccc(-c4ccc(-c5ccccc5)cc4-n4c5ccccc5c5ccccc54)cc3)cc2)cc1. The standard InChI is InChI=1S/C66H44N2O/c1-3-16-45(17-4-1)47-30-37-51(38-31-47)67(52-39-32-48(33-40-52)54-20-7-8-21-56(54)60-25-15-26-61-59-24-11-14-29-65(59)69-66(60)61)53-41-34-49(35-42-53)55-43-36-50(46-18-5-2-6-19-46)44-64(55)68-62-27-12-9-22-57(62)58-23-10-13-28-63(58)68/h1-44H. The molecule has 0 aliphatic heterocycles. The molecule has 3 heteroatoms. The Kier molecular flexibility index (Phi) is 9.84. The van der Waals surface area contributed by atoms with Crippen LogP contribution in [0.15, 0.2) is 271 Å². The lowest BCUT2D eigenvalue weighted by Gasteiger charge is -2.26. The molecule has 0 bridgehead atoms. The van der Waals surface area contributed by atoms with Gasteiger partial charge in [-0.25, -0.2) is 0 Å². The van der Waals surface area contributed by atoms with Crippen molar-refractivity contribution in [3.63, 3.8) is 0 Å². The van der Waals surface area contributed by atoms with Crippen molar-refractivity contribution in [3.05, 3.63) is 267 Å². The number of aromatic nitrogens is 1. The van der Waals surface area contributed by atoms with Crippen molar-refractivity contribution in [2.45, 2.75) is 0 Å². The highest BCUT2D eigenvalue weighted by Crippen LogP contribution is 2.43. The minimum Gasteiger partial charge on any atom is -0.455 e. The third-order valence-corrected chi connectivity index (χ3v) is 13.7. The first kappa shape index (κ1) is 40.1. The van der Waals surface area contributed by atoms with E-state index in [4.69, 9.17) is 4.42 Å². The zero-order chi connectivity index (χ0) is 45.7. The van der Waals surface area contributed by atoms with Crippen LogP contribution < -0.4 is 4.90 Å². The fourth-order valence-corrected chi connectivity index (χ4v) is 10.3. The third-order valence-electron chi connectivity index (χ3n) is 13.7. The van der Waals surface area contributed by atoms with E-state index >= 15 is 0 Å². The maximum Gasteiger partial charge on any atom is 0.143 e. The van der Waals surface area contributed by atoms with Crippen LogP contribution in [-0.2, 0) is 0 Å². The van der Waals surface area contributed by atoms with E-state index < -0.39 is 0 Å². The Hall–Kier alpha value is -9.18. The smallest absolute Gasteiger partial charge is 0.143 e. The topological polar surface area (TPSA) is 21.3 Å². The molecule has 0 aliphatic carbocycles. The molecule has 0 saturated heterocycles. The number of furan rings is 1. The highest BCUT2D eigenvalue weighted by molar-refractivity contribution is 6.11. The third kappa shape index (κ3) is 7.08. The first-order valence-electron chi connectivity index (χ1n) is 23.6. The predicted octanol–water partition coefficient (Wildman–Crippen LogP) is 18.5. The van der Waals surface area contributed by atoms with E-state index in [1.54, 1.807) is 0 Å². The van der Waals surface area contributed by atoms with Gasteiger partial charge in [-0.15, -0.1) is 0 Å². The summed E-state index contributed by atoms with van der Waals surface area (Å²) >= 11 is 0. The second-order valence-electron chi connectivity index (χ2n) is 17.6. The molecule has 0 aliphatic rings. The predicted molar refractivity (Wildman–Crippen MR) is 290 cm³/mol. The molecular weight excluding hydrogens is 837 g/mol. The van der Waals surface area contributed by atoms with Crippen LogP contribution >= 0.6 is 0 Å². The van der Waals surface area contributed by atoms with E-state index in [9.17, 15) is 0 Å². The number of hydrogen-bond acceptors (Lipinski definition) is 2. The summed E-state index contributed by atoms with van der Waals surface area (Å²) in [6, 6.07) is 96.0. The molecule has 0 fully saturated rings. The quantitative estimate of drug-likeness (QED) is 0.144. The number of fused-ring (bicyclic) bond motifs is 6. The van der Waals surface area contributed by atoms with Gasteiger partial charge in [0.05, 0.1) is 16.7 Å². The van der Waals surface area contributed by atoms with Crippen LogP contribution in [-0.4, -0.2) is 4.57 Å². The fourth-order valence-electron chi connectivity index (χ4n) is 10.3. The summed E-state index contributed by atoms with van der Waals surface area (Å²) in [5.41, 5.74) is 20.1. The van der Waals surface area contributed by atoms with E-state index in [2.05, 4.69) is 264 Å². The lowest BCUT2D eigenvalue weighted by molar-refractivity contribution is 0.670. The molecule has 2 heterocycles. The number of nitrogens with zero attached hydrogens (tertiary/aromatic N) is 2. The van der Waals surface area contributed by atoms with Crippen LogP contribution in [0.2, 0.25) is 0 Å². The van der Waals surface area contributed by atoms with Gasteiger partial charge in [-0.2, -0.15) is 0 Å². The van der Waals surface area contributed by atoms with Gasteiger partial charge in [0.15, 0.2) is 0 Å². The second-order valence-corrected chi connectivity index (χ2v) is 17.6. The summed E-state index contributed by atoms with van der Waals surface area (Å²) in [6.45, 7) is 0. The van der Waals surface area contributed by atoms with Gasteiger partial charge < -0.3 is 13.9 Å². The van der Waals surface area contributed by atoms with Gasteiger partial charge in [0.1, 0.15) is 11.2 Å². The Labute approximate surface area is 401 Å². The second kappa shape index (κ2) is 16.9. The van der Waals surface area contributed by atoms with Crippen LogP contribution in [0, 0.1) is 0 Å². The molecule has 0 N–H and O–H groups in total. The van der Waals surface area contributed by atoms with Crippen LogP contribution in [0.4, 0.5) is 17.1 Å². The Morgan fingerprint density at radius 1 is 0.275 bits per heavy atom. The number of benzene rings is 11. The average Bonchev–Trinajstić information content (AvgIpc) is 3.98. The van der Waals surface area contributed by atoms with Gasteiger partial charge in [-0.3, -0.25) is 0 Å². The molecule has 0 saturated carbocycles. The molecule has 0 atom stereocenters. The molecule has 13 rings (SSSR count). The van der Waals surface area contributed by atoms with Gasteiger partial charge >= 0.3 is 0 Å². The van der Waals surface area contributed by atoms with Gasteiger partial charge in [-0.05, 0) is 105 Å². The Bertz CT molecular complexity index is 3930. The molecule has 3 nitrogen and oxygen atoms in total. The number of anilines is 3. The molecule has 0 spiro atoms. The van der Waals surface area contributed by atoms with Crippen LogP contribution in [0.1, 0.15) is 0 Å². The summed E-state index contributed by atoms with van der Waals surface area (Å²) in [6.07, 6.45) is 0. The van der Waals surface area contributed by atoms with Crippen molar-refractivity contribution in [2.75, 3.05) is 4.90 Å². The molecule has 0 amide bonds. The van der Waals surface area contributed by atoms with E-state index in [1.807, 2.05) is 12.1 Å². The van der Waals surface area contributed by atoms with Crippen LogP contribution in [0.3, 0.4) is 0 Å². The molecule has 11 aromatic carbocycles. The van der Waals surface area contributed by atoms with Gasteiger partial charge in [0, 0.05) is 49.7 Å². The number of hydrogen-bond donors (Lipinski definition) is 0. The summed E-state index contributed by atoms with van der Waals surface area (Å²) in [4.78, 5) is 2.36. The maximum atomic E-state index is 6.53. The van der Waals surface area contributed by atoms with Crippen molar-refractivity contribution in [2.24, 2.45) is 0 Å². The summed E-state index contributed by atoms with van der Waals surface area (Å²) in [5, 5.41) is 4.74. The van der Waals surface area contributed by atoms with Gasteiger partial charge in [0.2, 0.25) is 0 Å². The van der Waals surface area contributed by atoms with Gasteiger partial charge in [-0.1, -0.05) is 206 Å². The largest absolute Gasteiger partial charge is 0.455 e. The lowest BCUT2D eigenvalue weighted by Crippen LogP contribution is -2.10. The molecule has 2 aromatic heterocycles. The summed E-state index contributed by atoms with van der Waals surface area (Å²) in [7, 11) is 0. The van der Waals surface area contributed by atoms with Crippen molar-refractivity contribution in [3.8, 4) is 61.3 Å². The van der Waals surface area contributed by atoms with Crippen molar-refractivity contribution in [1.29, 1.82) is 0 Å². The van der Waals surface area contributed by atoms with Crippen molar-refractivity contribution < 1.29 is 4.42 Å². The minimum atomic E-state index is 0.899. The minimum absolute atomic E-state index is 0.899. The fraction of sp³-hybridized carbons (Fsp3) is 0. The van der Waals surface area contributed by atoms with E-state index in [1.165, 1.54) is 44.1 Å². The normalized spacial score (nSPS) is 11.5. The summed E-state index contributed by atoms with van der Waals surface area (Å²) < 4.78 is 8.97. The number of rotatable bonds is 9. The van der Waals surface area contributed by atoms with Crippen molar-refractivity contribution in [1.82, 2.24) is 4.57 Å². The molecule has 0 unspecified atom stereocenters. The summed E-state index contributed by atoms with van der Waals surface area (Å²) in [5.74, 6) is 0. The molecule has 13 aromatic rings. The first-order valence-corrected chi connectivity index (χ1v) is 23.6. The van der Waals surface area contributed by atoms with E-state index in [0.29, 0.717) is 0 Å². The Morgan fingerprint density at radius 2 is 0.710 bits per heavy atom. The maximum absolute atomic E-state index is 6.53. The van der Waals surface area contributed by atoms with E-state index in [0.717, 1.165) is 78.1 Å². The van der Waals surface area contributed by atoms with Crippen molar-refractivity contribution >= 4 is 60.8 Å². The molecular formula is C66H44N2O. The van der Waals surface area contributed by atoms with Gasteiger partial charge in [0.25, 0.3) is 0 Å². The molecule has 324 valence electrons.